The van der Waals surface area contributed by atoms with Crippen molar-refractivity contribution in [3.63, 3.8) is 0 Å². The van der Waals surface area contributed by atoms with Crippen LogP contribution in [0.15, 0.2) is 0 Å². The van der Waals surface area contributed by atoms with E-state index in [9.17, 15) is 4.79 Å². The fourth-order valence-corrected chi connectivity index (χ4v) is 1.99. The normalized spacial score (nSPS) is 13.6. The molecule has 0 aromatic heterocycles. The van der Waals surface area contributed by atoms with Crippen LogP contribution in [-0.4, -0.2) is 48.2 Å². The number of carboxylic acids is 1. The molecule has 0 saturated heterocycles. The van der Waals surface area contributed by atoms with Crippen molar-refractivity contribution in [1.29, 1.82) is 0 Å². The lowest BCUT2D eigenvalue weighted by molar-refractivity contribution is -0.140. The van der Waals surface area contributed by atoms with Gasteiger partial charge in [0, 0.05) is 19.6 Å². The van der Waals surface area contributed by atoms with E-state index in [0.29, 0.717) is 24.9 Å². The van der Waals surface area contributed by atoms with Crippen LogP contribution in [0.2, 0.25) is 0 Å². The molecule has 0 fully saturated rings. The molecule has 1 unspecified atom stereocenters. The molecular formula is C13H28N2O2. The number of carbonyl (C=O) groups is 1. The Hall–Kier alpha value is -0.610. The van der Waals surface area contributed by atoms with Crippen LogP contribution in [0, 0.1) is 11.8 Å². The minimum absolute atomic E-state index is 0.461. The Bertz CT molecular complexity index is 207. The molecule has 4 nitrogen and oxygen atoms in total. The summed E-state index contributed by atoms with van der Waals surface area (Å²) in [5, 5.41) is 12.2. The van der Waals surface area contributed by atoms with E-state index in [2.05, 4.69) is 37.9 Å². The van der Waals surface area contributed by atoms with Crippen LogP contribution in [0.4, 0.5) is 0 Å². The van der Waals surface area contributed by atoms with Crippen molar-refractivity contribution in [3.05, 3.63) is 0 Å². The summed E-state index contributed by atoms with van der Waals surface area (Å²) < 4.78 is 0. The smallest absolute Gasteiger partial charge is 0.322 e. The lowest BCUT2D eigenvalue weighted by atomic mass is 10.1. The van der Waals surface area contributed by atoms with Gasteiger partial charge >= 0.3 is 5.97 Å². The van der Waals surface area contributed by atoms with Gasteiger partial charge in [-0.25, -0.2) is 0 Å². The maximum Gasteiger partial charge on any atom is 0.322 e. The third-order valence-electron chi connectivity index (χ3n) is 2.44. The predicted octanol–water partition coefficient (Wildman–Crippen LogP) is 1.66. The fourth-order valence-electron chi connectivity index (χ4n) is 1.99. The number of nitrogens with one attached hydrogen (secondary N) is 1. The van der Waals surface area contributed by atoms with Gasteiger partial charge in [0.2, 0.25) is 0 Å². The van der Waals surface area contributed by atoms with Gasteiger partial charge in [0.1, 0.15) is 6.04 Å². The first-order valence-corrected chi connectivity index (χ1v) is 6.55. The van der Waals surface area contributed by atoms with Gasteiger partial charge in [-0.2, -0.15) is 0 Å². The van der Waals surface area contributed by atoms with Crippen LogP contribution >= 0.6 is 0 Å². The molecule has 0 amide bonds. The minimum Gasteiger partial charge on any atom is -0.480 e. The number of hydrogen-bond acceptors (Lipinski definition) is 3. The summed E-state index contributed by atoms with van der Waals surface area (Å²) >= 11 is 0. The standard InChI is InChI=1S/C13H28N2O2/c1-6-14-12(13(16)17)9-15(7-10(2)3)8-11(4)5/h10-12,14H,6-9H2,1-5H3,(H,16,17). The van der Waals surface area contributed by atoms with Crippen molar-refractivity contribution in [1.82, 2.24) is 10.2 Å². The average Bonchev–Trinajstić information content (AvgIpc) is 2.14. The molecule has 102 valence electrons. The molecule has 0 heterocycles. The van der Waals surface area contributed by atoms with E-state index in [1.807, 2.05) is 6.92 Å². The molecule has 0 aromatic rings. The van der Waals surface area contributed by atoms with Crippen LogP contribution < -0.4 is 5.32 Å². The highest BCUT2D eigenvalue weighted by atomic mass is 16.4. The number of aliphatic carboxylic acids is 1. The van der Waals surface area contributed by atoms with Crippen molar-refractivity contribution < 1.29 is 9.90 Å². The summed E-state index contributed by atoms with van der Waals surface area (Å²) in [6.07, 6.45) is 0. The van der Waals surface area contributed by atoms with Gasteiger partial charge < -0.3 is 15.3 Å². The number of hydrogen-bond donors (Lipinski definition) is 2. The SMILES string of the molecule is CCNC(CN(CC(C)C)CC(C)C)C(=O)O. The summed E-state index contributed by atoms with van der Waals surface area (Å²) in [6.45, 7) is 13.8. The molecule has 2 N–H and O–H groups in total. The number of carboxylic acid groups (broad SMARTS) is 1. The van der Waals surface area contributed by atoms with Gasteiger partial charge in [-0.05, 0) is 18.4 Å². The first kappa shape index (κ1) is 16.4. The Morgan fingerprint density at radius 3 is 1.88 bits per heavy atom. The van der Waals surface area contributed by atoms with Crippen LogP contribution in [-0.2, 0) is 4.79 Å². The van der Waals surface area contributed by atoms with E-state index < -0.39 is 12.0 Å². The van der Waals surface area contributed by atoms with Gasteiger partial charge in [0.25, 0.3) is 0 Å². The van der Waals surface area contributed by atoms with Crippen LogP contribution in [0.25, 0.3) is 0 Å². The topological polar surface area (TPSA) is 52.6 Å². The Morgan fingerprint density at radius 2 is 1.59 bits per heavy atom. The molecule has 0 aromatic carbocycles. The monoisotopic (exact) mass is 244 g/mol. The maximum absolute atomic E-state index is 11.1. The van der Waals surface area contributed by atoms with E-state index in [-0.39, 0.29) is 0 Å². The lowest BCUT2D eigenvalue weighted by Gasteiger charge is -2.28. The highest BCUT2D eigenvalue weighted by molar-refractivity contribution is 5.73. The fraction of sp³-hybridized carbons (Fsp3) is 0.923. The van der Waals surface area contributed by atoms with E-state index in [4.69, 9.17) is 5.11 Å². The number of nitrogens with zero attached hydrogens (tertiary/aromatic N) is 1. The second kappa shape index (κ2) is 8.48. The number of rotatable bonds is 9. The molecule has 1 atom stereocenters. The molecule has 0 bridgehead atoms. The maximum atomic E-state index is 11.1. The second-order valence-corrected chi connectivity index (χ2v) is 5.45. The first-order chi connectivity index (χ1) is 7.86. The molecule has 0 aliphatic heterocycles. The average molecular weight is 244 g/mol. The van der Waals surface area contributed by atoms with Crippen LogP contribution in [0.1, 0.15) is 34.6 Å². The second-order valence-electron chi connectivity index (χ2n) is 5.45. The van der Waals surface area contributed by atoms with E-state index in [1.165, 1.54) is 0 Å². The predicted molar refractivity (Wildman–Crippen MR) is 71.2 cm³/mol. The van der Waals surface area contributed by atoms with Crippen molar-refractivity contribution in [2.24, 2.45) is 11.8 Å². The zero-order valence-electron chi connectivity index (χ0n) is 11.9. The Morgan fingerprint density at radius 1 is 1.12 bits per heavy atom. The molecule has 0 rings (SSSR count). The van der Waals surface area contributed by atoms with Crippen molar-refractivity contribution in [3.8, 4) is 0 Å². The third-order valence-corrected chi connectivity index (χ3v) is 2.44. The molecular weight excluding hydrogens is 216 g/mol. The molecule has 0 aliphatic rings. The summed E-state index contributed by atoms with van der Waals surface area (Å²) in [5.41, 5.74) is 0. The summed E-state index contributed by atoms with van der Waals surface area (Å²) in [7, 11) is 0. The van der Waals surface area contributed by atoms with Gasteiger partial charge in [-0.1, -0.05) is 34.6 Å². The molecule has 17 heavy (non-hydrogen) atoms. The number of likely N-dealkylation sites (N-methyl/N-ethyl adjacent to an activating group) is 1. The summed E-state index contributed by atoms with van der Waals surface area (Å²) in [4.78, 5) is 13.4. The van der Waals surface area contributed by atoms with Crippen LogP contribution in [0.5, 0.6) is 0 Å². The Labute approximate surface area is 105 Å². The zero-order valence-corrected chi connectivity index (χ0v) is 11.9. The van der Waals surface area contributed by atoms with Crippen molar-refractivity contribution in [2.45, 2.75) is 40.7 Å². The molecule has 0 saturated carbocycles. The van der Waals surface area contributed by atoms with Gasteiger partial charge in [0.05, 0.1) is 0 Å². The lowest BCUT2D eigenvalue weighted by Crippen LogP contribution is -2.47. The third kappa shape index (κ3) is 8.16. The molecule has 0 spiro atoms. The highest BCUT2D eigenvalue weighted by Gasteiger charge is 2.20. The van der Waals surface area contributed by atoms with Crippen LogP contribution in [0.3, 0.4) is 0 Å². The van der Waals surface area contributed by atoms with E-state index in [0.717, 1.165) is 13.1 Å². The Kier molecular flexibility index (Phi) is 8.17. The highest BCUT2D eigenvalue weighted by Crippen LogP contribution is 2.05. The molecule has 0 aliphatic carbocycles. The van der Waals surface area contributed by atoms with Crippen molar-refractivity contribution >= 4 is 5.97 Å². The van der Waals surface area contributed by atoms with E-state index in [1.54, 1.807) is 0 Å². The quantitative estimate of drug-likeness (QED) is 0.648. The Balaban J connectivity index is 4.40. The zero-order chi connectivity index (χ0) is 13.4. The molecule has 4 heteroatoms. The molecule has 0 radical (unpaired) electrons. The first-order valence-electron chi connectivity index (χ1n) is 6.55. The van der Waals surface area contributed by atoms with E-state index >= 15 is 0 Å². The van der Waals surface area contributed by atoms with Gasteiger partial charge in [-0.3, -0.25) is 4.79 Å². The summed E-state index contributed by atoms with van der Waals surface area (Å²) in [5.74, 6) is 0.360. The largest absolute Gasteiger partial charge is 0.480 e. The van der Waals surface area contributed by atoms with Gasteiger partial charge in [-0.15, -0.1) is 0 Å². The van der Waals surface area contributed by atoms with Crippen molar-refractivity contribution in [2.75, 3.05) is 26.2 Å². The minimum atomic E-state index is -0.760. The summed E-state index contributed by atoms with van der Waals surface area (Å²) in [6, 6.07) is -0.461. The van der Waals surface area contributed by atoms with Gasteiger partial charge in [0.15, 0.2) is 0 Å².